The third-order valence-electron chi connectivity index (χ3n) is 3.49. The third-order valence-corrected chi connectivity index (χ3v) is 3.49. The Morgan fingerprint density at radius 2 is 2.08 bits per heavy atom. The Labute approximate surface area is 138 Å². The zero-order valence-electron chi connectivity index (χ0n) is 12.9. The number of hydrogen-bond donors (Lipinski definition) is 3. The number of hydrogen-bond acceptors (Lipinski definition) is 5. The number of carbonyl (C=O) groups excluding carboxylic acids is 1. The molecule has 1 heterocycles. The van der Waals surface area contributed by atoms with E-state index in [1.807, 2.05) is 6.07 Å². The van der Waals surface area contributed by atoms with Gasteiger partial charge in [0.15, 0.2) is 6.61 Å². The molecule has 0 atom stereocenters. The van der Waals surface area contributed by atoms with Crippen molar-refractivity contribution >= 4 is 29.0 Å². The SMILES string of the molecule is C/C(=N/Nc1cccc(C(=O)O)c1)c1ccc2c(c1)NC(=O)CO2. The maximum Gasteiger partial charge on any atom is 0.335 e. The van der Waals surface area contributed by atoms with Crippen molar-refractivity contribution in [3.63, 3.8) is 0 Å². The molecule has 0 aromatic heterocycles. The molecule has 122 valence electrons. The second kappa shape index (κ2) is 6.41. The van der Waals surface area contributed by atoms with Crippen molar-refractivity contribution in [2.24, 2.45) is 5.10 Å². The van der Waals surface area contributed by atoms with E-state index < -0.39 is 5.97 Å². The predicted molar refractivity (Wildman–Crippen MR) is 89.8 cm³/mol. The Morgan fingerprint density at radius 1 is 1.25 bits per heavy atom. The predicted octanol–water partition coefficient (Wildman–Crippen LogP) is 2.55. The number of fused-ring (bicyclic) bond motifs is 1. The quantitative estimate of drug-likeness (QED) is 0.592. The largest absolute Gasteiger partial charge is 0.482 e. The zero-order valence-corrected chi connectivity index (χ0v) is 12.9. The van der Waals surface area contributed by atoms with E-state index in [9.17, 15) is 9.59 Å². The molecule has 0 fully saturated rings. The summed E-state index contributed by atoms with van der Waals surface area (Å²) < 4.78 is 5.31. The molecule has 0 radical (unpaired) electrons. The minimum Gasteiger partial charge on any atom is -0.482 e. The fourth-order valence-corrected chi connectivity index (χ4v) is 2.24. The molecule has 7 nitrogen and oxygen atoms in total. The van der Waals surface area contributed by atoms with Crippen molar-refractivity contribution in [2.75, 3.05) is 17.3 Å². The van der Waals surface area contributed by atoms with Crippen molar-refractivity contribution in [3.05, 3.63) is 53.6 Å². The average Bonchev–Trinajstić information content (AvgIpc) is 2.59. The normalized spacial score (nSPS) is 13.5. The minimum atomic E-state index is -0.996. The lowest BCUT2D eigenvalue weighted by Crippen LogP contribution is -2.25. The second-order valence-electron chi connectivity index (χ2n) is 5.24. The molecule has 7 heteroatoms. The van der Waals surface area contributed by atoms with Gasteiger partial charge in [0.25, 0.3) is 5.91 Å². The Kier molecular flexibility index (Phi) is 4.15. The van der Waals surface area contributed by atoms with Gasteiger partial charge in [0.05, 0.1) is 22.6 Å². The smallest absolute Gasteiger partial charge is 0.335 e. The highest BCUT2D eigenvalue weighted by atomic mass is 16.5. The third kappa shape index (κ3) is 3.35. The summed E-state index contributed by atoms with van der Waals surface area (Å²) in [5.41, 5.74) is 5.68. The molecule has 24 heavy (non-hydrogen) atoms. The van der Waals surface area contributed by atoms with Crippen LogP contribution in [0.15, 0.2) is 47.6 Å². The van der Waals surface area contributed by atoms with Gasteiger partial charge in [-0.2, -0.15) is 5.10 Å². The Bertz CT molecular complexity index is 845. The number of nitrogens with zero attached hydrogens (tertiary/aromatic N) is 1. The summed E-state index contributed by atoms with van der Waals surface area (Å²) in [6.07, 6.45) is 0. The standard InChI is InChI=1S/C17H15N3O4/c1-10(19-20-13-4-2-3-12(7-13)17(22)23)11-5-6-15-14(8-11)18-16(21)9-24-15/h2-8,20H,9H2,1H3,(H,18,21)(H,22,23)/b19-10-. The number of ether oxygens (including phenoxy) is 1. The van der Waals surface area contributed by atoms with Crippen LogP contribution < -0.4 is 15.5 Å². The first-order valence-electron chi connectivity index (χ1n) is 7.23. The van der Waals surface area contributed by atoms with Crippen LogP contribution in [0.25, 0.3) is 0 Å². The molecule has 3 N–H and O–H groups in total. The maximum atomic E-state index is 11.4. The van der Waals surface area contributed by atoms with Crippen LogP contribution in [-0.2, 0) is 4.79 Å². The summed E-state index contributed by atoms with van der Waals surface area (Å²) in [4.78, 5) is 22.3. The molecule has 2 aromatic rings. The van der Waals surface area contributed by atoms with E-state index in [1.54, 1.807) is 31.2 Å². The lowest BCUT2D eigenvalue weighted by atomic mass is 10.1. The highest BCUT2D eigenvalue weighted by molar-refractivity contribution is 6.02. The summed E-state index contributed by atoms with van der Waals surface area (Å²) in [6, 6.07) is 11.8. The van der Waals surface area contributed by atoms with Gasteiger partial charge in [-0.05, 0) is 48.9 Å². The zero-order chi connectivity index (χ0) is 17.1. The molecule has 0 unspecified atom stereocenters. The van der Waals surface area contributed by atoms with E-state index in [-0.39, 0.29) is 18.1 Å². The first kappa shape index (κ1) is 15.5. The van der Waals surface area contributed by atoms with E-state index in [2.05, 4.69) is 15.8 Å². The van der Waals surface area contributed by atoms with Gasteiger partial charge in [-0.1, -0.05) is 6.07 Å². The Morgan fingerprint density at radius 3 is 2.88 bits per heavy atom. The molecule has 1 aliphatic rings. The van der Waals surface area contributed by atoms with Crippen LogP contribution in [0.2, 0.25) is 0 Å². The van der Waals surface area contributed by atoms with Gasteiger partial charge in [0.1, 0.15) is 5.75 Å². The van der Waals surface area contributed by atoms with Crippen molar-refractivity contribution < 1.29 is 19.4 Å². The minimum absolute atomic E-state index is 0.0148. The van der Waals surface area contributed by atoms with Crippen LogP contribution in [0.3, 0.4) is 0 Å². The fraction of sp³-hybridized carbons (Fsp3) is 0.118. The number of anilines is 2. The van der Waals surface area contributed by atoms with E-state index in [0.29, 0.717) is 22.8 Å². The lowest BCUT2D eigenvalue weighted by Gasteiger charge is -2.18. The monoisotopic (exact) mass is 325 g/mol. The van der Waals surface area contributed by atoms with Gasteiger partial charge in [0.2, 0.25) is 0 Å². The fourth-order valence-electron chi connectivity index (χ4n) is 2.24. The van der Waals surface area contributed by atoms with Crippen LogP contribution >= 0.6 is 0 Å². The topological polar surface area (TPSA) is 100 Å². The van der Waals surface area contributed by atoms with Crippen LogP contribution in [0.1, 0.15) is 22.8 Å². The lowest BCUT2D eigenvalue weighted by molar-refractivity contribution is -0.118. The Balaban J connectivity index is 1.79. The number of aromatic carboxylic acids is 1. The van der Waals surface area contributed by atoms with Crippen molar-refractivity contribution in [2.45, 2.75) is 6.92 Å². The highest BCUT2D eigenvalue weighted by Gasteiger charge is 2.16. The van der Waals surface area contributed by atoms with Gasteiger partial charge < -0.3 is 15.2 Å². The van der Waals surface area contributed by atoms with Gasteiger partial charge in [-0.25, -0.2) is 4.79 Å². The van der Waals surface area contributed by atoms with Crippen LogP contribution in [0, 0.1) is 0 Å². The van der Waals surface area contributed by atoms with Gasteiger partial charge in [-0.15, -0.1) is 0 Å². The van der Waals surface area contributed by atoms with E-state index >= 15 is 0 Å². The number of carboxylic acid groups (broad SMARTS) is 1. The number of benzene rings is 2. The number of nitrogens with one attached hydrogen (secondary N) is 2. The van der Waals surface area contributed by atoms with Gasteiger partial charge in [0, 0.05) is 0 Å². The average molecular weight is 325 g/mol. The number of amides is 1. The van der Waals surface area contributed by atoms with E-state index in [4.69, 9.17) is 9.84 Å². The first-order valence-corrected chi connectivity index (χ1v) is 7.23. The van der Waals surface area contributed by atoms with Crippen LogP contribution in [0.4, 0.5) is 11.4 Å². The molecule has 0 aliphatic carbocycles. The van der Waals surface area contributed by atoms with Gasteiger partial charge >= 0.3 is 5.97 Å². The summed E-state index contributed by atoms with van der Waals surface area (Å²) >= 11 is 0. The molecule has 0 saturated carbocycles. The molecule has 1 amide bonds. The van der Waals surface area contributed by atoms with Crippen LogP contribution in [-0.4, -0.2) is 29.3 Å². The first-order chi connectivity index (χ1) is 11.5. The van der Waals surface area contributed by atoms with Crippen molar-refractivity contribution in [3.8, 4) is 5.75 Å². The number of hydrazone groups is 1. The number of carboxylic acids is 1. The van der Waals surface area contributed by atoms with Crippen LogP contribution in [0.5, 0.6) is 5.75 Å². The number of rotatable bonds is 4. The molecule has 3 rings (SSSR count). The summed E-state index contributed by atoms with van der Waals surface area (Å²) in [7, 11) is 0. The van der Waals surface area contributed by atoms with Gasteiger partial charge in [-0.3, -0.25) is 10.2 Å². The van der Waals surface area contributed by atoms with Crippen molar-refractivity contribution in [1.29, 1.82) is 0 Å². The molecule has 1 aliphatic heterocycles. The summed E-state index contributed by atoms with van der Waals surface area (Å²) in [6.45, 7) is 1.82. The molecule has 0 saturated heterocycles. The number of carbonyl (C=O) groups is 2. The molecule has 0 spiro atoms. The molecule has 2 aromatic carbocycles. The van der Waals surface area contributed by atoms with Crippen molar-refractivity contribution in [1.82, 2.24) is 0 Å². The second-order valence-corrected chi connectivity index (χ2v) is 5.24. The molecular weight excluding hydrogens is 310 g/mol. The molecule has 0 bridgehead atoms. The maximum absolute atomic E-state index is 11.4. The van der Waals surface area contributed by atoms with E-state index in [1.165, 1.54) is 12.1 Å². The Hall–Kier alpha value is -3.35. The molecular formula is C17H15N3O4. The summed E-state index contributed by atoms with van der Waals surface area (Å²) in [5.74, 6) is -0.573. The van der Waals surface area contributed by atoms with E-state index in [0.717, 1.165) is 5.56 Å². The highest BCUT2D eigenvalue weighted by Crippen LogP contribution is 2.28. The summed E-state index contributed by atoms with van der Waals surface area (Å²) in [5, 5.41) is 16.0.